The Kier molecular flexibility index (Phi) is 7.18. The third-order valence-corrected chi connectivity index (χ3v) is 6.07. The highest BCUT2D eigenvalue weighted by molar-refractivity contribution is 7.16. The second-order valence-electron chi connectivity index (χ2n) is 5.92. The first-order chi connectivity index (χ1) is 14.0. The molecule has 0 fully saturated rings. The Morgan fingerprint density at radius 1 is 1.17 bits per heavy atom. The maximum Gasteiger partial charge on any atom is 0.283 e. The summed E-state index contributed by atoms with van der Waals surface area (Å²) in [6.07, 6.45) is 0. The molecule has 0 aliphatic heterocycles. The molecular weight excluding hydrogens is 435 g/mol. The highest BCUT2D eigenvalue weighted by Crippen LogP contribution is 2.32. The molecule has 1 amide bonds. The fourth-order valence-electron chi connectivity index (χ4n) is 2.82. The third-order valence-electron chi connectivity index (χ3n) is 4.23. The van der Waals surface area contributed by atoms with E-state index in [1.54, 1.807) is 31.4 Å². The smallest absolute Gasteiger partial charge is 0.283 e. The Hall–Kier alpha value is -2.06. The first kappa shape index (κ1) is 21.6. The van der Waals surface area contributed by atoms with Crippen molar-refractivity contribution < 1.29 is 19.0 Å². The van der Waals surface area contributed by atoms with Gasteiger partial charge in [-0.3, -0.25) is 4.79 Å². The molecule has 1 aromatic heterocycles. The lowest BCUT2D eigenvalue weighted by molar-refractivity contribution is 0.0993. The number of rotatable bonds is 7. The van der Waals surface area contributed by atoms with Crippen molar-refractivity contribution in [3.8, 4) is 11.5 Å². The number of hydrogen-bond donors (Lipinski definition) is 0. The molecule has 0 N–H and O–H groups in total. The molecule has 0 aliphatic rings. The first-order valence-electron chi connectivity index (χ1n) is 8.86. The van der Waals surface area contributed by atoms with Crippen molar-refractivity contribution in [2.24, 2.45) is 4.99 Å². The van der Waals surface area contributed by atoms with Crippen LogP contribution in [0.2, 0.25) is 10.0 Å². The summed E-state index contributed by atoms with van der Waals surface area (Å²) in [5.41, 5.74) is 1.07. The molecule has 29 heavy (non-hydrogen) atoms. The molecular formula is C20H20Cl2N2O4S. The second kappa shape index (κ2) is 9.63. The maximum atomic E-state index is 12.9. The number of ether oxygens (including phenoxy) is 3. The number of amides is 1. The van der Waals surface area contributed by atoms with E-state index in [1.165, 1.54) is 18.4 Å². The average Bonchev–Trinajstić information content (AvgIpc) is 3.08. The molecule has 0 radical (unpaired) electrons. The predicted molar refractivity (Wildman–Crippen MR) is 116 cm³/mol. The lowest BCUT2D eigenvalue weighted by Crippen LogP contribution is -2.20. The molecule has 6 nitrogen and oxygen atoms in total. The van der Waals surface area contributed by atoms with Gasteiger partial charge in [0.2, 0.25) is 0 Å². The number of halogens is 2. The van der Waals surface area contributed by atoms with E-state index in [1.807, 2.05) is 17.6 Å². The first-order valence-corrected chi connectivity index (χ1v) is 10.4. The highest BCUT2D eigenvalue weighted by atomic mass is 35.5. The Labute approximate surface area is 182 Å². The van der Waals surface area contributed by atoms with Gasteiger partial charge in [-0.1, -0.05) is 34.5 Å². The summed E-state index contributed by atoms with van der Waals surface area (Å²) in [6.45, 7) is 3.45. The molecule has 1 heterocycles. The Balaban J connectivity index is 2.13. The van der Waals surface area contributed by atoms with Gasteiger partial charge in [-0.2, -0.15) is 4.99 Å². The van der Waals surface area contributed by atoms with E-state index in [9.17, 15) is 4.79 Å². The topological polar surface area (TPSA) is 62.1 Å². The minimum Gasteiger partial charge on any atom is -0.497 e. The van der Waals surface area contributed by atoms with Gasteiger partial charge in [0.15, 0.2) is 4.80 Å². The molecule has 154 valence electrons. The standard InChI is InChI=1S/C20H20Cl2N2O4S/c1-4-28-10-9-24-18-16(8-7-14(21)17(18)22)29-20(24)23-19(25)13-6-5-12(26-2)11-15(13)27-3/h5-8,11H,4,9-10H2,1-3H3. The van der Waals surface area contributed by atoms with E-state index in [0.717, 1.165) is 10.2 Å². The molecule has 0 spiro atoms. The molecule has 0 saturated heterocycles. The quantitative estimate of drug-likeness (QED) is 0.480. The van der Waals surface area contributed by atoms with E-state index < -0.39 is 5.91 Å². The number of methoxy groups -OCH3 is 2. The number of carbonyl (C=O) groups excluding carboxylic acids is 1. The zero-order valence-electron chi connectivity index (χ0n) is 16.2. The van der Waals surface area contributed by atoms with Crippen LogP contribution >= 0.6 is 34.5 Å². The van der Waals surface area contributed by atoms with Gasteiger partial charge in [-0.25, -0.2) is 0 Å². The van der Waals surface area contributed by atoms with Gasteiger partial charge < -0.3 is 18.8 Å². The fourth-order valence-corrected chi connectivity index (χ4v) is 4.36. The van der Waals surface area contributed by atoms with E-state index in [2.05, 4.69) is 4.99 Å². The van der Waals surface area contributed by atoms with Crippen molar-refractivity contribution in [1.29, 1.82) is 0 Å². The van der Waals surface area contributed by atoms with Crippen LogP contribution in [0.4, 0.5) is 0 Å². The number of fused-ring (bicyclic) bond motifs is 1. The molecule has 9 heteroatoms. The lowest BCUT2D eigenvalue weighted by Gasteiger charge is -2.08. The minimum atomic E-state index is -0.427. The predicted octanol–water partition coefficient (Wildman–Crippen LogP) is 4.80. The largest absolute Gasteiger partial charge is 0.497 e. The van der Waals surface area contributed by atoms with Crippen LogP contribution in [0.1, 0.15) is 17.3 Å². The van der Waals surface area contributed by atoms with Gasteiger partial charge in [0.1, 0.15) is 11.5 Å². The van der Waals surface area contributed by atoms with Crippen LogP contribution in [0.5, 0.6) is 11.5 Å². The second-order valence-corrected chi connectivity index (χ2v) is 7.72. The number of carbonyl (C=O) groups is 1. The van der Waals surface area contributed by atoms with Crippen LogP contribution < -0.4 is 14.3 Å². The summed E-state index contributed by atoms with van der Waals surface area (Å²) in [5, 5.41) is 0.865. The highest BCUT2D eigenvalue weighted by Gasteiger charge is 2.16. The van der Waals surface area contributed by atoms with Crippen molar-refractivity contribution in [3.63, 3.8) is 0 Å². The molecule has 0 atom stereocenters. The van der Waals surface area contributed by atoms with Gasteiger partial charge in [0, 0.05) is 19.2 Å². The molecule has 0 saturated carbocycles. The van der Waals surface area contributed by atoms with E-state index in [-0.39, 0.29) is 0 Å². The molecule has 2 aromatic carbocycles. The monoisotopic (exact) mass is 454 g/mol. The number of aromatic nitrogens is 1. The van der Waals surface area contributed by atoms with E-state index in [4.69, 9.17) is 37.4 Å². The summed E-state index contributed by atoms with van der Waals surface area (Å²) in [5.74, 6) is 0.554. The van der Waals surface area contributed by atoms with Gasteiger partial charge in [-0.05, 0) is 31.2 Å². The number of benzene rings is 2. The summed E-state index contributed by atoms with van der Waals surface area (Å²) in [7, 11) is 3.04. The number of thiazole rings is 1. The van der Waals surface area contributed by atoms with Crippen LogP contribution in [-0.4, -0.2) is 37.9 Å². The molecule has 3 aromatic rings. The molecule has 0 bridgehead atoms. The lowest BCUT2D eigenvalue weighted by atomic mass is 10.2. The van der Waals surface area contributed by atoms with Crippen molar-refractivity contribution in [3.05, 3.63) is 50.7 Å². The van der Waals surface area contributed by atoms with Gasteiger partial charge in [0.05, 0.1) is 46.7 Å². The maximum absolute atomic E-state index is 12.9. The molecule has 0 aliphatic carbocycles. The van der Waals surface area contributed by atoms with Crippen molar-refractivity contribution >= 4 is 50.7 Å². The zero-order valence-corrected chi connectivity index (χ0v) is 18.5. The SMILES string of the molecule is CCOCCn1c(=NC(=O)c2ccc(OC)cc2OC)sc2ccc(Cl)c(Cl)c21. The Morgan fingerprint density at radius 3 is 2.66 bits per heavy atom. The van der Waals surface area contributed by atoms with E-state index >= 15 is 0 Å². The number of hydrogen-bond acceptors (Lipinski definition) is 5. The summed E-state index contributed by atoms with van der Waals surface area (Å²) in [4.78, 5) is 17.8. The molecule has 0 unspecified atom stereocenters. The summed E-state index contributed by atoms with van der Waals surface area (Å²) < 4.78 is 18.7. The van der Waals surface area contributed by atoms with E-state index in [0.29, 0.717) is 51.7 Å². The zero-order chi connectivity index (χ0) is 21.0. The van der Waals surface area contributed by atoms with Crippen LogP contribution in [-0.2, 0) is 11.3 Å². The van der Waals surface area contributed by atoms with Crippen molar-refractivity contribution in [2.75, 3.05) is 27.4 Å². The number of nitrogens with zero attached hydrogens (tertiary/aromatic N) is 2. The van der Waals surface area contributed by atoms with Crippen LogP contribution in [0.15, 0.2) is 35.3 Å². The van der Waals surface area contributed by atoms with Crippen LogP contribution in [0.25, 0.3) is 10.2 Å². The van der Waals surface area contributed by atoms with Crippen molar-refractivity contribution in [2.45, 2.75) is 13.5 Å². The van der Waals surface area contributed by atoms with Crippen molar-refractivity contribution in [1.82, 2.24) is 4.57 Å². The Bertz CT molecular complexity index is 1110. The molecule has 3 rings (SSSR count). The minimum absolute atomic E-state index is 0.339. The van der Waals surface area contributed by atoms with Gasteiger partial charge >= 0.3 is 0 Å². The summed E-state index contributed by atoms with van der Waals surface area (Å²) >= 11 is 14.0. The van der Waals surface area contributed by atoms with Gasteiger partial charge in [-0.15, -0.1) is 0 Å². The fraction of sp³-hybridized carbons (Fsp3) is 0.300. The van der Waals surface area contributed by atoms with Crippen LogP contribution in [0.3, 0.4) is 0 Å². The average molecular weight is 455 g/mol. The van der Waals surface area contributed by atoms with Gasteiger partial charge in [0.25, 0.3) is 5.91 Å². The van der Waals surface area contributed by atoms with Crippen LogP contribution in [0, 0.1) is 0 Å². The third kappa shape index (κ3) is 4.59. The normalized spacial score (nSPS) is 11.8. The Morgan fingerprint density at radius 2 is 1.97 bits per heavy atom. The summed E-state index contributed by atoms with van der Waals surface area (Å²) in [6, 6.07) is 8.56.